The van der Waals surface area contributed by atoms with Crippen molar-refractivity contribution in [1.29, 1.82) is 0 Å². The molecular formula is C22H16ClN3O5S. The van der Waals surface area contributed by atoms with Gasteiger partial charge < -0.3 is 19.6 Å². The van der Waals surface area contributed by atoms with Crippen LogP contribution in [-0.2, 0) is 0 Å². The number of aromatic hydroxyl groups is 1. The third-order valence-corrected chi connectivity index (χ3v) is 5.41. The predicted molar refractivity (Wildman–Crippen MR) is 123 cm³/mol. The number of urea groups is 1. The molecular weight excluding hydrogens is 454 g/mol. The number of hydrogen-bond acceptors (Lipinski definition) is 7. The van der Waals surface area contributed by atoms with Gasteiger partial charge in [0.05, 0.1) is 17.7 Å². The van der Waals surface area contributed by atoms with Crippen molar-refractivity contribution in [2.24, 2.45) is 0 Å². The molecule has 0 bridgehead atoms. The van der Waals surface area contributed by atoms with Crippen molar-refractivity contribution in [3.8, 4) is 23.0 Å². The van der Waals surface area contributed by atoms with Crippen LogP contribution in [0.2, 0.25) is 5.02 Å². The maximum atomic E-state index is 12.3. The van der Waals surface area contributed by atoms with Crippen LogP contribution in [0.3, 0.4) is 0 Å². The van der Waals surface area contributed by atoms with Gasteiger partial charge in [-0.1, -0.05) is 23.7 Å². The summed E-state index contributed by atoms with van der Waals surface area (Å²) in [6.07, 6.45) is 0. The molecule has 32 heavy (non-hydrogen) atoms. The number of nitrogens with one attached hydrogen (secondary N) is 2. The molecule has 162 valence electrons. The van der Waals surface area contributed by atoms with Gasteiger partial charge in [-0.2, -0.15) is 0 Å². The second-order valence-electron chi connectivity index (χ2n) is 6.51. The first-order chi connectivity index (χ1) is 15.4. The number of benzene rings is 3. The highest BCUT2D eigenvalue weighted by atomic mass is 35.5. The summed E-state index contributed by atoms with van der Waals surface area (Å²) in [4.78, 5) is 28.9. The van der Waals surface area contributed by atoms with E-state index >= 15 is 0 Å². The number of fused-ring (bicyclic) bond motifs is 1. The van der Waals surface area contributed by atoms with Crippen LogP contribution in [0.25, 0.3) is 22.6 Å². The van der Waals surface area contributed by atoms with Crippen LogP contribution in [0.15, 0.2) is 65.1 Å². The van der Waals surface area contributed by atoms with Crippen LogP contribution in [0.4, 0.5) is 10.5 Å². The van der Waals surface area contributed by atoms with Crippen LogP contribution in [-0.4, -0.2) is 28.3 Å². The molecule has 1 heterocycles. The van der Waals surface area contributed by atoms with Gasteiger partial charge in [-0.25, -0.2) is 9.78 Å². The Bertz CT molecular complexity index is 1290. The number of phenolic OH excluding ortho intramolecular Hbond substituents is 1. The number of amides is 2. The van der Waals surface area contributed by atoms with Crippen LogP contribution in [0.1, 0.15) is 10.4 Å². The molecule has 3 aromatic carbocycles. The SMILES string of the molecule is COc1ccc(C(=O)SNC(=O)Nc2ccc(O)c(-c3nc4ccccc4o3)c2)cc1Cl. The minimum absolute atomic E-state index is 0.0524. The first-order valence-electron chi connectivity index (χ1n) is 9.25. The zero-order valence-corrected chi connectivity index (χ0v) is 18.2. The molecule has 0 aliphatic carbocycles. The van der Waals surface area contributed by atoms with E-state index in [0.29, 0.717) is 50.6 Å². The summed E-state index contributed by atoms with van der Waals surface area (Å²) in [5, 5.41) is 12.7. The second-order valence-corrected chi connectivity index (χ2v) is 7.70. The third-order valence-electron chi connectivity index (χ3n) is 4.40. The number of para-hydroxylation sites is 2. The maximum absolute atomic E-state index is 12.3. The normalized spacial score (nSPS) is 10.7. The Morgan fingerprint density at radius 1 is 1.12 bits per heavy atom. The van der Waals surface area contributed by atoms with E-state index in [9.17, 15) is 14.7 Å². The average molecular weight is 470 g/mol. The quantitative estimate of drug-likeness (QED) is 0.268. The number of anilines is 1. The molecule has 0 atom stereocenters. The molecule has 4 rings (SSSR count). The van der Waals surface area contributed by atoms with E-state index < -0.39 is 11.1 Å². The lowest BCUT2D eigenvalue weighted by Crippen LogP contribution is -2.24. The van der Waals surface area contributed by atoms with Gasteiger partial charge in [-0.15, -0.1) is 0 Å². The summed E-state index contributed by atoms with van der Waals surface area (Å²) in [5.41, 5.74) is 2.22. The summed E-state index contributed by atoms with van der Waals surface area (Å²) < 4.78 is 13.1. The molecule has 0 aliphatic heterocycles. The molecule has 1 aromatic heterocycles. The van der Waals surface area contributed by atoms with Gasteiger partial charge in [0, 0.05) is 23.2 Å². The molecule has 3 N–H and O–H groups in total. The number of phenols is 1. The highest BCUT2D eigenvalue weighted by Crippen LogP contribution is 2.33. The number of aromatic nitrogens is 1. The first kappa shape index (κ1) is 21.5. The monoisotopic (exact) mass is 469 g/mol. The van der Waals surface area contributed by atoms with Crippen molar-refractivity contribution in [2.45, 2.75) is 0 Å². The lowest BCUT2D eigenvalue weighted by molar-refractivity contribution is 0.108. The van der Waals surface area contributed by atoms with Crippen molar-refractivity contribution >= 4 is 51.5 Å². The molecule has 0 saturated heterocycles. The Balaban J connectivity index is 1.43. The van der Waals surface area contributed by atoms with Gasteiger partial charge in [-0.3, -0.25) is 9.52 Å². The van der Waals surface area contributed by atoms with Crippen molar-refractivity contribution in [3.63, 3.8) is 0 Å². The van der Waals surface area contributed by atoms with E-state index in [0.717, 1.165) is 0 Å². The molecule has 0 radical (unpaired) electrons. The molecule has 8 nitrogen and oxygen atoms in total. The summed E-state index contributed by atoms with van der Waals surface area (Å²) in [6, 6.07) is 15.6. The van der Waals surface area contributed by atoms with Crippen LogP contribution in [0.5, 0.6) is 11.5 Å². The van der Waals surface area contributed by atoms with Gasteiger partial charge in [0.15, 0.2) is 5.58 Å². The lowest BCUT2D eigenvalue weighted by atomic mass is 10.1. The zero-order chi connectivity index (χ0) is 22.7. The fraction of sp³-hybridized carbons (Fsp3) is 0.0455. The molecule has 2 amide bonds. The highest BCUT2D eigenvalue weighted by molar-refractivity contribution is 8.12. The van der Waals surface area contributed by atoms with E-state index in [1.54, 1.807) is 24.3 Å². The Morgan fingerprint density at radius 2 is 1.94 bits per heavy atom. The minimum atomic E-state index is -0.628. The van der Waals surface area contributed by atoms with Gasteiger partial charge in [0.25, 0.3) is 0 Å². The number of carbonyl (C=O) groups is 2. The Kier molecular flexibility index (Phi) is 6.20. The Morgan fingerprint density at radius 3 is 2.69 bits per heavy atom. The molecule has 0 saturated carbocycles. The van der Waals surface area contributed by atoms with Gasteiger partial charge >= 0.3 is 6.03 Å². The standard InChI is InChI=1S/C22H16ClN3O5S/c1-30-18-9-6-12(10-15(18)23)21(28)32-26-22(29)24-13-7-8-17(27)14(11-13)20-25-16-4-2-3-5-19(16)31-20/h2-11,27H,1H3,(H2,24,26,29). The number of hydrogen-bond donors (Lipinski definition) is 3. The van der Waals surface area contributed by atoms with Gasteiger partial charge in [0.1, 0.15) is 17.0 Å². The molecule has 0 aliphatic rings. The molecule has 4 aromatic rings. The lowest BCUT2D eigenvalue weighted by Gasteiger charge is -2.09. The number of nitrogens with zero attached hydrogens (tertiary/aromatic N) is 1. The Labute approximate surface area is 191 Å². The third kappa shape index (κ3) is 4.63. The van der Waals surface area contributed by atoms with E-state index in [1.165, 1.54) is 31.4 Å². The average Bonchev–Trinajstić information content (AvgIpc) is 3.22. The fourth-order valence-corrected chi connectivity index (χ4v) is 3.61. The largest absolute Gasteiger partial charge is 0.507 e. The number of methoxy groups -OCH3 is 1. The van der Waals surface area contributed by atoms with E-state index in [4.69, 9.17) is 20.8 Å². The topological polar surface area (TPSA) is 114 Å². The molecule has 10 heteroatoms. The van der Waals surface area contributed by atoms with Gasteiger partial charge in [-0.05, 0) is 48.5 Å². The van der Waals surface area contributed by atoms with Crippen molar-refractivity contribution in [1.82, 2.24) is 9.71 Å². The highest BCUT2D eigenvalue weighted by Gasteiger charge is 2.15. The van der Waals surface area contributed by atoms with Crippen molar-refractivity contribution < 1.29 is 23.8 Å². The van der Waals surface area contributed by atoms with E-state index in [2.05, 4.69) is 15.0 Å². The predicted octanol–water partition coefficient (Wildman–Crippen LogP) is 5.47. The Hall–Kier alpha value is -3.69. The maximum Gasteiger partial charge on any atom is 0.329 e. The molecule has 0 fully saturated rings. The van der Waals surface area contributed by atoms with Crippen LogP contribution in [0, 0.1) is 0 Å². The molecule has 0 spiro atoms. The summed E-state index contributed by atoms with van der Waals surface area (Å²) in [7, 11) is 1.47. The number of halogens is 1. The zero-order valence-electron chi connectivity index (χ0n) is 16.6. The van der Waals surface area contributed by atoms with Crippen molar-refractivity contribution in [2.75, 3.05) is 12.4 Å². The van der Waals surface area contributed by atoms with Crippen LogP contribution < -0.4 is 14.8 Å². The van der Waals surface area contributed by atoms with Crippen LogP contribution >= 0.6 is 23.5 Å². The minimum Gasteiger partial charge on any atom is -0.507 e. The second kappa shape index (κ2) is 9.21. The number of carbonyl (C=O) groups excluding carboxylic acids is 2. The summed E-state index contributed by atoms with van der Waals surface area (Å²) in [6.45, 7) is 0. The van der Waals surface area contributed by atoms with E-state index in [-0.39, 0.29) is 11.6 Å². The summed E-state index contributed by atoms with van der Waals surface area (Å²) in [5.74, 6) is 0.609. The van der Waals surface area contributed by atoms with Gasteiger partial charge in [0.2, 0.25) is 11.0 Å². The number of ether oxygens (including phenoxy) is 1. The molecule has 0 unspecified atom stereocenters. The summed E-state index contributed by atoms with van der Waals surface area (Å²) >= 11 is 6.63. The van der Waals surface area contributed by atoms with Crippen molar-refractivity contribution in [3.05, 3.63) is 71.2 Å². The van der Waals surface area contributed by atoms with E-state index in [1.807, 2.05) is 12.1 Å². The number of oxazole rings is 1. The number of rotatable bonds is 4. The fourth-order valence-electron chi connectivity index (χ4n) is 2.87. The smallest absolute Gasteiger partial charge is 0.329 e. The first-order valence-corrected chi connectivity index (χ1v) is 10.4.